The van der Waals surface area contributed by atoms with Gasteiger partial charge in [0.25, 0.3) is 0 Å². The summed E-state index contributed by atoms with van der Waals surface area (Å²) in [5, 5.41) is 0. The van der Waals surface area contributed by atoms with Gasteiger partial charge in [0.05, 0.1) is 6.61 Å². The maximum atomic E-state index is 12.8. The average Bonchev–Trinajstić information content (AvgIpc) is 3.27. The van der Waals surface area contributed by atoms with Crippen LogP contribution < -0.4 is 0 Å². The molecular formula is C57H110O5. The van der Waals surface area contributed by atoms with Crippen LogP contribution in [0.2, 0.25) is 0 Å². The molecule has 0 aromatic heterocycles. The molecule has 0 saturated carbocycles. The van der Waals surface area contributed by atoms with Gasteiger partial charge in [0.2, 0.25) is 0 Å². The van der Waals surface area contributed by atoms with Crippen LogP contribution >= 0.6 is 0 Å². The summed E-state index contributed by atoms with van der Waals surface area (Å²) in [6.07, 6.45) is 62.2. The highest BCUT2D eigenvalue weighted by Gasteiger charge is 2.17. The smallest absolute Gasteiger partial charge is 0.306 e. The fourth-order valence-electron chi connectivity index (χ4n) is 8.57. The van der Waals surface area contributed by atoms with Gasteiger partial charge in [-0.2, -0.15) is 0 Å². The number of hydrogen-bond donors (Lipinski definition) is 0. The van der Waals surface area contributed by atoms with Gasteiger partial charge in [-0.3, -0.25) is 9.59 Å². The van der Waals surface area contributed by atoms with Crippen LogP contribution in [0.25, 0.3) is 0 Å². The molecule has 0 rings (SSSR count). The van der Waals surface area contributed by atoms with Gasteiger partial charge in [0, 0.05) is 19.4 Å². The minimum absolute atomic E-state index is 0.0928. The second-order valence-corrected chi connectivity index (χ2v) is 19.2. The van der Waals surface area contributed by atoms with Crippen LogP contribution in [0.5, 0.6) is 0 Å². The third-order valence-corrected chi connectivity index (χ3v) is 12.8. The minimum atomic E-state index is -0.528. The third kappa shape index (κ3) is 51.3. The fraction of sp³-hybridized carbons (Fsp3) is 0.930. The van der Waals surface area contributed by atoms with Crippen LogP contribution in [0.4, 0.5) is 0 Å². The molecule has 368 valence electrons. The molecule has 0 amide bonds. The Hall–Kier alpha value is -1.36. The zero-order chi connectivity index (χ0) is 44.9. The van der Waals surface area contributed by atoms with E-state index in [9.17, 15) is 9.59 Å². The normalized spacial score (nSPS) is 12.1. The van der Waals surface area contributed by atoms with Crippen LogP contribution in [0.1, 0.15) is 316 Å². The van der Waals surface area contributed by atoms with Crippen molar-refractivity contribution in [3.63, 3.8) is 0 Å². The van der Waals surface area contributed by atoms with E-state index in [2.05, 4.69) is 32.9 Å². The summed E-state index contributed by atoms with van der Waals surface area (Å²) in [5.74, 6) is -0.377. The van der Waals surface area contributed by atoms with Gasteiger partial charge in [-0.1, -0.05) is 270 Å². The SMILES string of the molecule is CCCCCCCC/C=C\CCCCCCCCCC(=O)OC[C@@H](COCCCCCCCCCCCCCCCCCC)OC(=O)CCCCCCCCCCCCCCC. The Morgan fingerprint density at radius 3 is 0.984 bits per heavy atom. The molecule has 0 aromatic carbocycles. The molecule has 0 spiro atoms. The van der Waals surface area contributed by atoms with Crippen LogP contribution in [0.15, 0.2) is 12.2 Å². The highest BCUT2D eigenvalue weighted by atomic mass is 16.6. The van der Waals surface area contributed by atoms with Crippen molar-refractivity contribution in [2.24, 2.45) is 0 Å². The van der Waals surface area contributed by atoms with Crippen molar-refractivity contribution in [2.45, 2.75) is 322 Å². The second kappa shape index (κ2) is 54.0. The van der Waals surface area contributed by atoms with Crippen molar-refractivity contribution in [3.8, 4) is 0 Å². The first-order valence-electron chi connectivity index (χ1n) is 28.2. The van der Waals surface area contributed by atoms with E-state index in [0.29, 0.717) is 26.1 Å². The number of allylic oxidation sites excluding steroid dienone is 2. The van der Waals surface area contributed by atoms with E-state index in [1.54, 1.807) is 0 Å². The van der Waals surface area contributed by atoms with Crippen LogP contribution in [0.3, 0.4) is 0 Å². The van der Waals surface area contributed by atoms with Crippen molar-refractivity contribution in [3.05, 3.63) is 12.2 Å². The molecule has 5 heteroatoms. The lowest BCUT2D eigenvalue weighted by Gasteiger charge is -2.18. The Bertz CT molecular complexity index is 902. The molecule has 0 aliphatic heterocycles. The second-order valence-electron chi connectivity index (χ2n) is 19.2. The molecule has 0 bridgehead atoms. The quantitative estimate of drug-likeness (QED) is 0.0346. The molecule has 0 heterocycles. The zero-order valence-electron chi connectivity index (χ0n) is 42.4. The summed E-state index contributed by atoms with van der Waals surface area (Å²) in [4.78, 5) is 25.5. The monoisotopic (exact) mass is 875 g/mol. The molecule has 0 aromatic rings. The van der Waals surface area contributed by atoms with E-state index in [1.165, 1.54) is 250 Å². The van der Waals surface area contributed by atoms with Crippen molar-refractivity contribution in [1.29, 1.82) is 0 Å². The maximum Gasteiger partial charge on any atom is 0.306 e. The molecule has 0 fully saturated rings. The summed E-state index contributed by atoms with van der Waals surface area (Å²) in [6.45, 7) is 7.90. The van der Waals surface area contributed by atoms with Crippen molar-refractivity contribution >= 4 is 11.9 Å². The molecule has 1 atom stereocenters. The van der Waals surface area contributed by atoms with Crippen LogP contribution in [-0.2, 0) is 23.8 Å². The van der Waals surface area contributed by atoms with Gasteiger partial charge >= 0.3 is 11.9 Å². The summed E-state index contributed by atoms with van der Waals surface area (Å²) < 4.78 is 17.5. The molecule has 0 aliphatic carbocycles. The number of esters is 2. The Labute approximate surface area is 388 Å². The lowest BCUT2D eigenvalue weighted by Crippen LogP contribution is -2.30. The predicted octanol–water partition coefficient (Wildman–Crippen LogP) is 19.0. The first-order chi connectivity index (χ1) is 30.6. The number of unbranched alkanes of at least 4 members (excludes halogenated alkanes) is 40. The molecule has 5 nitrogen and oxygen atoms in total. The highest BCUT2D eigenvalue weighted by Crippen LogP contribution is 2.17. The molecule has 0 radical (unpaired) electrons. The number of ether oxygens (including phenoxy) is 3. The summed E-state index contributed by atoms with van der Waals surface area (Å²) >= 11 is 0. The van der Waals surface area contributed by atoms with Gasteiger partial charge in [-0.15, -0.1) is 0 Å². The Morgan fingerprint density at radius 2 is 0.629 bits per heavy atom. The van der Waals surface area contributed by atoms with E-state index in [4.69, 9.17) is 14.2 Å². The number of carbonyl (C=O) groups is 2. The minimum Gasteiger partial charge on any atom is -0.462 e. The largest absolute Gasteiger partial charge is 0.462 e. The van der Waals surface area contributed by atoms with E-state index in [1.807, 2.05) is 0 Å². The van der Waals surface area contributed by atoms with Gasteiger partial charge in [0.15, 0.2) is 6.10 Å². The Morgan fingerprint density at radius 1 is 0.339 bits per heavy atom. The number of rotatable bonds is 53. The molecule has 62 heavy (non-hydrogen) atoms. The third-order valence-electron chi connectivity index (χ3n) is 12.8. The molecule has 0 N–H and O–H groups in total. The standard InChI is InChI=1S/C57H110O5/c1-4-7-10-13-16-19-22-25-27-29-30-33-35-38-41-44-47-50-56(58)61-54-55(62-57(59)51-48-45-42-39-36-32-24-21-18-15-12-9-6-3)53-60-52-49-46-43-40-37-34-31-28-26-23-20-17-14-11-8-5-2/h25,27,55H,4-24,26,28-54H2,1-3H3/b27-25-/t55-/m1/s1. The highest BCUT2D eigenvalue weighted by molar-refractivity contribution is 5.70. The molecular weight excluding hydrogens is 765 g/mol. The first-order valence-corrected chi connectivity index (χ1v) is 28.2. The van der Waals surface area contributed by atoms with E-state index in [0.717, 1.165) is 32.1 Å². The zero-order valence-corrected chi connectivity index (χ0v) is 42.4. The Kier molecular flexibility index (Phi) is 52.8. The van der Waals surface area contributed by atoms with Crippen molar-refractivity contribution in [2.75, 3.05) is 19.8 Å². The van der Waals surface area contributed by atoms with Gasteiger partial charge in [0.1, 0.15) is 6.61 Å². The van der Waals surface area contributed by atoms with Crippen molar-refractivity contribution < 1.29 is 23.8 Å². The summed E-state index contributed by atoms with van der Waals surface area (Å²) in [5.41, 5.74) is 0. The molecule has 0 saturated heterocycles. The van der Waals surface area contributed by atoms with Gasteiger partial charge in [-0.05, 0) is 44.9 Å². The lowest BCUT2D eigenvalue weighted by molar-refractivity contribution is -0.163. The van der Waals surface area contributed by atoms with E-state index >= 15 is 0 Å². The van der Waals surface area contributed by atoms with Gasteiger partial charge < -0.3 is 14.2 Å². The van der Waals surface area contributed by atoms with Crippen LogP contribution in [0, 0.1) is 0 Å². The maximum absolute atomic E-state index is 12.8. The fourth-order valence-corrected chi connectivity index (χ4v) is 8.57. The van der Waals surface area contributed by atoms with Crippen LogP contribution in [-0.4, -0.2) is 37.9 Å². The Balaban J connectivity index is 4.19. The summed E-state index contributed by atoms with van der Waals surface area (Å²) in [7, 11) is 0. The summed E-state index contributed by atoms with van der Waals surface area (Å²) in [6, 6.07) is 0. The van der Waals surface area contributed by atoms with Crippen molar-refractivity contribution in [1.82, 2.24) is 0 Å². The lowest BCUT2D eigenvalue weighted by atomic mass is 10.0. The van der Waals surface area contributed by atoms with Gasteiger partial charge in [-0.25, -0.2) is 0 Å². The predicted molar refractivity (Wildman–Crippen MR) is 270 cm³/mol. The molecule has 0 aliphatic rings. The van der Waals surface area contributed by atoms with E-state index < -0.39 is 6.10 Å². The topological polar surface area (TPSA) is 61.8 Å². The molecule has 0 unspecified atom stereocenters. The first kappa shape index (κ1) is 60.6. The van der Waals surface area contributed by atoms with E-state index in [-0.39, 0.29) is 18.5 Å². The number of hydrogen-bond acceptors (Lipinski definition) is 5. The number of carbonyl (C=O) groups excluding carboxylic acids is 2. The average molecular weight is 876 g/mol.